The van der Waals surface area contributed by atoms with E-state index in [1.807, 2.05) is 0 Å². The van der Waals surface area contributed by atoms with Crippen molar-refractivity contribution in [2.45, 2.75) is 6.92 Å². The van der Waals surface area contributed by atoms with Crippen LogP contribution in [0.25, 0.3) is 0 Å². The van der Waals surface area contributed by atoms with Crippen LogP contribution < -0.4 is 11.1 Å². The van der Waals surface area contributed by atoms with Crippen molar-refractivity contribution in [1.82, 2.24) is 4.57 Å². The molecule has 0 spiro atoms. The smallest absolute Gasteiger partial charge is 0.354 e. The molecule has 1 aromatic rings. The molecule has 1 aromatic heterocycles. The summed E-state index contributed by atoms with van der Waals surface area (Å²) in [7, 11) is 3.01. The molecule has 0 saturated carbocycles. The molecule has 0 aliphatic carbocycles. The molecule has 1 rings (SSSR count). The van der Waals surface area contributed by atoms with Crippen molar-refractivity contribution in [2.24, 2.45) is 18.7 Å². The Morgan fingerprint density at radius 2 is 2.24 bits per heavy atom. The zero-order chi connectivity index (χ0) is 13.0. The van der Waals surface area contributed by atoms with E-state index in [1.165, 1.54) is 7.11 Å². The van der Waals surface area contributed by atoms with E-state index in [0.717, 1.165) is 0 Å². The first-order valence-corrected chi connectivity index (χ1v) is 5.25. The Labute approximate surface area is 99.7 Å². The number of nitrogens with zero attached hydrogens (tertiary/aromatic N) is 1. The van der Waals surface area contributed by atoms with Crippen molar-refractivity contribution >= 4 is 17.6 Å². The van der Waals surface area contributed by atoms with E-state index in [-0.39, 0.29) is 18.4 Å². The second-order valence-corrected chi connectivity index (χ2v) is 3.84. The standard InChI is InChI=1S/C11H17N3O3/c1-7(5-12)10(15)13-8-4-9(11(16)17-3)14(2)6-8/h4,6-7H,5,12H2,1-3H3,(H,13,15). The van der Waals surface area contributed by atoms with Gasteiger partial charge in [-0.15, -0.1) is 0 Å². The molecule has 0 fully saturated rings. The van der Waals surface area contributed by atoms with Gasteiger partial charge in [-0.2, -0.15) is 0 Å². The topological polar surface area (TPSA) is 86.3 Å². The number of hydrogen-bond acceptors (Lipinski definition) is 4. The number of carbonyl (C=O) groups is 2. The molecule has 17 heavy (non-hydrogen) atoms. The van der Waals surface area contributed by atoms with Gasteiger partial charge < -0.3 is 20.4 Å². The summed E-state index contributed by atoms with van der Waals surface area (Å²) < 4.78 is 6.20. The van der Waals surface area contributed by atoms with Crippen LogP contribution in [0.5, 0.6) is 0 Å². The predicted octanol–water partition coefficient (Wildman–Crippen LogP) is 0.345. The minimum atomic E-state index is -0.445. The van der Waals surface area contributed by atoms with Crippen molar-refractivity contribution in [2.75, 3.05) is 19.0 Å². The Morgan fingerprint density at radius 1 is 1.59 bits per heavy atom. The fourth-order valence-corrected chi connectivity index (χ4v) is 1.31. The van der Waals surface area contributed by atoms with Crippen LogP contribution in [0.2, 0.25) is 0 Å². The zero-order valence-corrected chi connectivity index (χ0v) is 10.2. The second-order valence-electron chi connectivity index (χ2n) is 3.84. The molecule has 0 aromatic carbocycles. The summed E-state index contributed by atoms with van der Waals surface area (Å²) >= 11 is 0. The third kappa shape index (κ3) is 3.07. The molecule has 1 amide bonds. The molecule has 1 atom stereocenters. The summed E-state index contributed by atoms with van der Waals surface area (Å²) in [5.74, 6) is -0.883. The van der Waals surface area contributed by atoms with Crippen LogP contribution >= 0.6 is 0 Å². The Bertz CT molecular complexity index is 426. The van der Waals surface area contributed by atoms with E-state index in [1.54, 1.807) is 30.8 Å². The third-order valence-corrected chi connectivity index (χ3v) is 2.47. The van der Waals surface area contributed by atoms with E-state index in [0.29, 0.717) is 11.4 Å². The van der Waals surface area contributed by atoms with E-state index in [9.17, 15) is 9.59 Å². The molecule has 94 valence electrons. The predicted molar refractivity (Wildman–Crippen MR) is 63.6 cm³/mol. The van der Waals surface area contributed by atoms with Crippen molar-refractivity contribution in [1.29, 1.82) is 0 Å². The van der Waals surface area contributed by atoms with Gasteiger partial charge in [0.15, 0.2) is 0 Å². The lowest BCUT2D eigenvalue weighted by Crippen LogP contribution is -2.26. The number of esters is 1. The number of hydrogen-bond donors (Lipinski definition) is 2. The van der Waals surface area contributed by atoms with Crippen molar-refractivity contribution in [3.05, 3.63) is 18.0 Å². The largest absolute Gasteiger partial charge is 0.464 e. The number of methoxy groups -OCH3 is 1. The summed E-state index contributed by atoms with van der Waals surface area (Å²) in [6, 6.07) is 1.56. The molecule has 0 saturated heterocycles. The SMILES string of the molecule is COC(=O)c1cc(NC(=O)C(C)CN)cn1C. The monoisotopic (exact) mass is 239 g/mol. The number of nitrogens with two attached hydrogens (primary N) is 1. The van der Waals surface area contributed by atoms with Gasteiger partial charge >= 0.3 is 5.97 Å². The van der Waals surface area contributed by atoms with Crippen LogP contribution in [-0.4, -0.2) is 30.1 Å². The molecular weight excluding hydrogens is 222 g/mol. The van der Waals surface area contributed by atoms with Gasteiger partial charge in [-0.1, -0.05) is 6.92 Å². The lowest BCUT2D eigenvalue weighted by atomic mass is 10.2. The second kappa shape index (κ2) is 5.49. The molecule has 0 aliphatic heterocycles. The van der Waals surface area contributed by atoms with Gasteiger partial charge in [0.2, 0.25) is 5.91 Å². The molecule has 1 unspecified atom stereocenters. The Balaban J connectivity index is 2.81. The van der Waals surface area contributed by atoms with E-state index >= 15 is 0 Å². The van der Waals surface area contributed by atoms with Crippen LogP contribution in [0.15, 0.2) is 12.3 Å². The maximum Gasteiger partial charge on any atom is 0.354 e. The molecule has 3 N–H and O–H groups in total. The zero-order valence-electron chi connectivity index (χ0n) is 10.2. The summed E-state index contributed by atoms with van der Waals surface area (Å²) in [6.07, 6.45) is 1.65. The van der Waals surface area contributed by atoms with Crippen molar-refractivity contribution in [3.8, 4) is 0 Å². The van der Waals surface area contributed by atoms with Gasteiger partial charge in [0.1, 0.15) is 5.69 Å². The summed E-state index contributed by atoms with van der Waals surface area (Å²) in [5.41, 5.74) is 6.32. The lowest BCUT2D eigenvalue weighted by molar-refractivity contribution is -0.119. The van der Waals surface area contributed by atoms with Crippen LogP contribution in [0.4, 0.5) is 5.69 Å². The highest BCUT2D eigenvalue weighted by molar-refractivity contribution is 5.95. The lowest BCUT2D eigenvalue weighted by Gasteiger charge is -2.07. The number of rotatable bonds is 4. The number of anilines is 1. The van der Waals surface area contributed by atoms with Gasteiger partial charge in [0, 0.05) is 25.7 Å². The quantitative estimate of drug-likeness (QED) is 0.742. The summed E-state index contributed by atoms with van der Waals surface area (Å²) in [5, 5.41) is 2.69. The van der Waals surface area contributed by atoms with E-state index in [4.69, 9.17) is 5.73 Å². The van der Waals surface area contributed by atoms with E-state index in [2.05, 4.69) is 10.1 Å². The minimum absolute atomic E-state index is 0.172. The molecule has 6 heteroatoms. The fourth-order valence-electron chi connectivity index (χ4n) is 1.31. The van der Waals surface area contributed by atoms with Crippen LogP contribution in [0.1, 0.15) is 17.4 Å². The van der Waals surface area contributed by atoms with Gasteiger partial charge in [-0.05, 0) is 6.07 Å². The van der Waals surface area contributed by atoms with Crippen molar-refractivity contribution in [3.63, 3.8) is 0 Å². The van der Waals surface area contributed by atoms with E-state index < -0.39 is 5.97 Å². The van der Waals surface area contributed by atoms with Crippen LogP contribution in [0.3, 0.4) is 0 Å². The average molecular weight is 239 g/mol. The maximum absolute atomic E-state index is 11.6. The number of nitrogens with one attached hydrogen (secondary N) is 1. The minimum Gasteiger partial charge on any atom is -0.464 e. The highest BCUT2D eigenvalue weighted by atomic mass is 16.5. The van der Waals surface area contributed by atoms with Crippen LogP contribution in [0, 0.1) is 5.92 Å². The number of carbonyl (C=O) groups excluding carboxylic acids is 2. The molecule has 1 heterocycles. The molecule has 0 aliphatic rings. The number of aryl methyl sites for hydroxylation is 1. The summed E-state index contributed by atoms with van der Waals surface area (Å²) in [6.45, 7) is 2.02. The Hall–Kier alpha value is -1.82. The highest BCUT2D eigenvalue weighted by Crippen LogP contribution is 2.14. The molecule has 6 nitrogen and oxygen atoms in total. The van der Waals surface area contributed by atoms with Gasteiger partial charge in [0.05, 0.1) is 12.8 Å². The Kier molecular flexibility index (Phi) is 4.28. The van der Waals surface area contributed by atoms with Gasteiger partial charge in [-0.3, -0.25) is 4.79 Å². The number of aromatic nitrogens is 1. The molecule has 0 radical (unpaired) electrons. The average Bonchev–Trinajstić information content (AvgIpc) is 2.67. The van der Waals surface area contributed by atoms with Gasteiger partial charge in [-0.25, -0.2) is 4.79 Å². The van der Waals surface area contributed by atoms with Crippen LogP contribution in [-0.2, 0) is 16.6 Å². The first kappa shape index (κ1) is 13.2. The summed E-state index contributed by atoms with van der Waals surface area (Å²) in [4.78, 5) is 22.9. The molecular formula is C11H17N3O3. The first-order chi connectivity index (χ1) is 7.99. The Morgan fingerprint density at radius 3 is 2.76 bits per heavy atom. The first-order valence-electron chi connectivity index (χ1n) is 5.25. The maximum atomic E-state index is 11.6. The van der Waals surface area contributed by atoms with Gasteiger partial charge in [0.25, 0.3) is 0 Å². The number of ether oxygens (including phenoxy) is 1. The fraction of sp³-hybridized carbons (Fsp3) is 0.455. The molecule has 0 bridgehead atoms. The normalized spacial score (nSPS) is 12.0. The highest BCUT2D eigenvalue weighted by Gasteiger charge is 2.15. The van der Waals surface area contributed by atoms with Crippen molar-refractivity contribution < 1.29 is 14.3 Å². The number of amides is 1. The third-order valence-electron chi connectivity index (χ3n) is 2.47.